The van der Waals surface area contributed by atoms with E-state index >= 15 is 0 Å². The van der Waals surface area contributed by atoms with Crippen LogP contribution in [0.15, 0.2) is 16.7 Å². The van der Waals surface area contributed by atoms with Crippen LogP contribution in [0.5, 0.6) is 0 Å². The highest BCUT2D eigenvalue weighted by Crippen LogP contribution is 2.31. The van der Waals surface area contributed by atoms with Crippen LogP contribution < -0.4 is 5.32 Å². The van der Waals surface area contributed by atoms with Gasteiger partial charge in [0.2, 0.25) is 0 Å². The second-order valence-corrected chi connectivity index (χ2v) is 7.67. The topological polar surface area (TPSA) is 34.4 Å². The lowest BCUT2D eigenvalue weighted by Crippen LogP contribution is -2.35. The fraction of sp³-hybridized carbons (Fsp3) is 0.778. The Morgan fingerprint density at radius 1 is 1.24 bits per heavy atom. The molecule has 1 aliphatic rings. The van der Waals surface area contributed by atoms with Gasteiger partial charge in [-0.15, -0.1) is 0 Å². The molecule has 3 heteroatoms. The van der Waals surface area contributed by atoms with E-state index in [0.29, 0.717) is 12.7 Å². The van der Waals surface area contributed by atoms with E-state index < -0.39 is 0 Å². The summed E-state index contributed by atoms with van der Waals surface area (Å²) >= 11 is 0. The fourth-order valence-corrected chi connectivity index (χ4v) is 2.85. The van der Waals surface area contributed by atoms with E-state index in [9.17, 15) is 0 Å². The molecule has 0 saturated heterocycles. The first-order chi connectivity index (χ1) is 9.85. The highest BCUT2D eigenvalue weighted by atomic mass is 16.5. The second-order valence-electron chi connectivity index (χ2n) is 7.67. The Hall–Kier alpha value is -0.800. The van der Waals surface area contributed by atoms with Crippen molar-refractivity contribution in [3.8, 4) is 0 Å². The number of ether oxygens (including phenoxy) is 1. The molecule has 0 aromatic carbocycles. The zero-order valence-corrected chi connectivity index (χ0v) is 14.2. The standard InChI is InChI=1S/C18H31NO2/c1-13-6-7-16(10-14(13)2)21-12-15-8-9-20-17(15)11-19-18(3,4)5/h8-9,13-14,16,19H,6-7,10-12H2,1-5H3. The van der Waals surface area contributed by atoms with Crippen molar-refractivity contribution in [2.75, 3.05) is 0 Å². The van der Waals surface area contributed by atoms with Gasteiger partial charge in [0, 0.05) is 11.1 Å². The van der Waals surface area contributed by atoms with Gasteiger partial charge in [-0.25, -0.2) is 0 Å². The Bertz CT molecular complexity index is 433. The van der Waals surface area contributed by atoms with Crippen LogP contribution >= 0.6 is 0 Å². The number of hydrogen-bond donors (Lipinski definition) is 1. The van der Waals surface area contributed by atoms with E-state index in [0.717, 1.165) is 24.1 Å². The van der Waals surface area contributed by atoms with E-state index in [2.05, 4.69) is 39.9 Å². The summed E-state index contributed by atoms with van der Waals surface area (Å²) in [7, 11) is 0. The lowest BCUT2D eigenvalue weighted by atomic mass is 9.80. The molecule has 3 unspecified atom stereocenters. The Morgan fingerprint density at radius 2 is 2.00 bits per heavy atom. The maximum Gasteiger partial charge on any atom is 0.123 e. The van der Waals surface area contributed by atoms with E-state index in [1.165, 1.54) is 24.8 Å². The Labute approximate surface area is 129 Å². The van der Waals surface area contributed by atoms with Crippen LogP contribution in [0.4, 0.5) is 0 Å². The number of nitrogens with one attached hydrogen (secondary N) is 1. The molecule has 1 N–H and O–H groups in total. The third-order valence-corrected chi connectivity index (χ3v) is 4.64. The van der Waals surface area contributed by atoms with Crippen LogP contribution in [0.2, 0.25) is 0 Å². The van der Waals surface area contributed by atoms with Gasteiger partial charge in [0.05, 0.1) is 25.5 Å². The molecule has 0 bridgehead atoms. The van der Waals surface area contributed by atoms with Gasteiger partial charge in [0.1, 0.15) is 5.76 Å². The average Bonchev–Trinajstić information content (AvgIpc) is 2.84. The monoisotopic (exact) mass is 293 g/mol. The summed E-state index contributed by atoms with van der Waals surface area (Å²) in [6.45, 7) is 12.6. The third kappa shape index (κ3) is 5.15. The van der Waals surface area contributed by atoms with Gasteiger partial charge in [0.25, 0.3) is 0 Å². The molecule has 1 aromatic heterocycles. The molecule has 1 aliphatic carbocycles. The number of rotatable bonds is 5. The van der Waals surface area contributed by atoms with E-state index in [-0.39, 0.29) is 5.54 Å². The highest BCUT2D eigenvalue weighted by Gasteiger charge is 2.25. The summed E-state index contributed by atoms with van der Waals surface area (Å²) in [4.78, 5) is 0. The zero-order chi connectivity index (χ0) is 15.5. The van der Waals surface area contributed by atoms with E-state index in [1.54, 1.807) is 6.26 Å². The molecule has 3 atom stereocenters. The summed E-state index contributed by atoms with van der Waals surface area (Å²) in [6.07, 6.45) is 5.85. The van der Waals surface area contributed by atoms with Gasteiger partial charge < -0.3 is 14.5 Å². The van der Waals surface area contributed by atoms with Crippen molar-refractivity contribution in [2.24, 2.45) is 11.8 Å². The fourth-order valence-electron chi connectivity index (χ4n) is 2.85. The zero-order valence-electron chi connectivity index (χ0n) is 14.2. The van der Waals surface area contributed by atoms with Crippen molar-refractivity contribution in [2.45, 2.75) is 78.7 Å². The lowest BCUT2D eigenvalue weighted by molar-refractivity contribution is -0.00800. The minimum atomic E-state index is 0.0971. The normalized spacial score (nSPS) is 27.0. The van der Waals surface area contributed by atoms with Crippen molar-refractivity contribution < 1.29 is 9.15 Å². The molecule has 1 fully saturated rings. The summed E-state index contributed by atoms with van der Waals surface area (Å²) in [5.74, 6) is 2.61. The Kier molecular flexibility index (Phi) is 5.50. The minimum Gasteiger partial charge on any atom is -0.468 e. The van der Waals surface area contributed by atoms with Crippen molar-refractivity contribution in [3.05, 3.63) is 23.7 Å². The number of furan rings is 1. The first-order valence-corrected chi connectivity index (χ1v) is 8.27. The molecular formula is C18H31NO2. The lowest BCUT2D eigenvalue weighted by Gasteiger charge is -2.32. The third-order valence-electron chi connectivity index (χ3n) is 4.64. The second kappa shape index (κ2) is 6.97. The van der Waals surface area contributed by atoms with Crippen LogP contribution in [-0.2, 0) is 17.9 Å². The van der Waals surface area contributed by atoms with E-state index in [1.807, 2.05) is 6.07 Å². The largest absolute Gasteiger partial charge is 0.468 e. The highest BCUT2D eigenvalue weighted by molar-refractivity contribution is 5.16. The van der Waals surface area contributed by atoms with Crippen LogP contribution in [-0.4, -0.2) is 11.6 Å². The van der Waals surface area contributed by atoms with Gasteiger partial charge in [-0.3, -0.25) is 0 Å². The van der Waals surface area contributed by atoms with Crippen molar-refractivity contribution >= 4 is 0 Å². The molecule has 0 amide bonds. The molecule has 1 aromatic rings. The molecular weight excluding hydrogens is 262 g/mol. The van der Waals surface area contributed by atoms with Crippen LogP contribution in [0.3, 0.4) is 0 Å². The van der Waals surface area contributed by atoms with E-state index in [4.69, 9.17) is 9.15 Å². The molecule has 3 nitrogen and oxygen atoms in total. The van der Waals surface area contributed by atoms with Gasteiger partial charge in [-0.2, -0.15) is 0 Å². The van der Waals surface area contributed by atoms with Crippen molar-refractivity contribution in [1.29, 1.82) is 0 Å². The average molecular weight is 293 g/mol. The van der Waals surface area contributed by atoms with Gasteiger partial charge in [0.15, 0.2) is 0 Å². The minimum absolute atomic E-state index is 0.0971. The quantitative estimate of drug-likeness (QED) is 0.867. The van der Waals surface area contributed by atoms with Gasteiger partial charge in [-0.05, 0) is 57.9 Å². The first kappa shape index (κ1) is 16.6. The maximum absolute atomic E-state index is 6.13. The predicted octanol–water partition coefficient (Wildman–Crippen LogP) is 4.51. The molecule has 1 saturated carbocycles. The Morgan fingerprint density at radius 3 is 2.67 bits per heavy atom. The smallest absolute Gasteiger partial charge is 0.123 e. The predicted molar refractivity (Wildman–Crippen MR) is 86.1 cm³/mol. The Balaban J connectivity index is 1.82. The summed E-state index contributed by atoms with van der Waals surface area (Å²) in [6, 6.07) is 2.04. The summed E-state index contributed by atoms with van der Waals surface area (Å²) in [5, 5.41) is 3.47. The van der Waals surface area contributed by atoms with Crippen LogP contribution in [0, 0.1) is 11.8 Å². The van der Waals surface area contributed by atoms with Gasteiger partial charge >= 0.3 is 0 Å². The molecule has 0 radical (unpaired) electrons. The SMILES string of the molecule is CC1CCC(OCc2ccoc2CNC(C)(C)C)CC1C. The molecule has 21 heavy (non-hydrogen) atoms. The van der Waals surface area contributed by atoms with Crippen LogP contribution in [0.25, 0.3) is 0 Å². The van der Waals surface area contributed by atoms with Crippen molar-refractivity contribution in [1.82, 2.24) is 5.32 Å². The number of hydrogen-bond acceptors (Lipinski definition) is 3. The molecule has 0 aliphatic heterocycles. The van der Waals surface area contributed by atoms with Crippen molar-refractivity contribution in [3.63, 3.8) is 0 Å². The van der Waals surface area contributed by atoms with Crippen LogP contribution in [0.1, 0.15) is 65.2 Å². The molecule has 1 heterocycles. The molecule has 120 valence electrons. The summed E-state index contributed by atoms with van der Waals surface area (Å²) < 4.78 is 11.7. The maximum atomic E-state index is 6.13. The molecule has 0 spiro atoms. The summed E-state index contributed by atoms with van der Waals surface area (Å²) in [5.41, 5.74) is 1.28. The van der Waals surface area contributed by atoms with Gasteiger partial charge in [-0.1, -0.05) is 13.8 Å². The molecule has 2 rings (SSSR count). The first-order valence-electron chi connectivity index (χ1n) is 8.27.